The van der Waals surface area contributed by atoms with Gasteiger partial charge in [0.2, 0.25) is 0 Å². The van der Waals surface area contributed by atoms with Gasteiger partial charge in [0.25, 0.3) is 0 Å². The molecule has 0 aliphatic heterocycles. The molecule has 1 N–H and O–H groups in total. The topological polar surface area (TPSA) is 50.8 Å². The lowest BCUT2D eigenvalue weighted by atomic mass is 10.1. The van der Waals surface area contributed by atoms with Gasteiger partial charge in [-0.15, -0.1) is 23.1 Å². The fourth-order valence-electron chi connectivity index (χ4n) is 3.02. The molecule has 3 aromatic rings. The molecule has 0 bridgehead atoms. The predicted octanol–water partition coefficient (Wildman–Crippen LogP) is 5.76. The number of anilines is 1. The Morgan fingerprint density at radius 1 is 1.07 bits per heavy atom. The van der Waals surface area contributed by atoms with Crippen LogP contribution in [0.5, 0.6) is 11.5 Å². The molecule has 1 heterocycles. The Kier molecular flexibility index (Phi) is 8.04. The minimum atomic E-state index is -0.110. The van der Waals surface area contributed by atoms with Crippen LogP contribution in [0, 0.1) is 0 Å². The molecule has 0 atom stereocenters. The van der Waals surface area contributed by atoms with Gasteiger partial charge < -0.3 is 19.7 Å². The monoisotopic (exact) mass is 442 g/mol. The average Bonchev–Trinajstić information content (AvgIpc) is 3.30. The lowest BCUT2D eigenvalue weighted by Crippen LogP contribution is -2.35. The van der Waals surface area contributed by atoms with Gasteiger partial charge >= 0.3 is 6.03 Å². The SMILES string of the molecule is COc1ccc(CCN(Cc2cccs2)C(=O)Nc2ccc(SC)cc2)cc1OC. The van der Waals surface area contributed by atoms with E-state index in [-0.39, 0.29) is 6.03 Å². The van der Waals surface area contributed by atoms with Crippen LogP contribution in [-0.2, 0) is 13.0 Å². The van der Waals surface area contributed by atoms with Crippen LogP contribution in [-0.4, -0.2) is 38.0 Å². The van der Waals surface area contributed by atoms with Crippen molar-refractivity contribution in [1.82, 2.24) is 4.90 Å². The van der Waals surface area contributed by atoms with Crippen molar-refractivity contribution in [2.45, 2.75) is 17.9 Å². The van der Waals surface area contributed by atoms with E-state index in [2.05, 4.69) is 11.4 Å². The summed E-state index contributed by atoms with van der Waals surface area (Å²) >= 11 is 3.33. The molecule has 0 radical (unpaired) electrons. The molecular weight excluding hydrogens is 416 g/mol. The van der Waals surface area contributed by atoms with Gasteiger partial charge in [0.05, 0.1) is 20.8 Å². The first-order valence-corrected chi connectivity index (χ1v) is 11.7. The number of ether oxygens (including phenoxy) is 2. The predicted molar refractivity (Wildman–Crippen MR) is 125 cm³/mol. The summed E-state index contributed by atoms with van der Waals surface area (Å²) in [4.78, 5) is 17.2. The van der Waals surface area contributed by atoms with E-state index in [1.54, 1.807) is 37.3 Å². The highest BCUT2D eigenvalue weighted by Gasteiger charge is 2.16. The second-order valence-corrected chi connectivity index (χ2v) is 8.51. The third kappa shape index (κ3) is 5.93. The number of amides is 2. The number of rotatable bonds is 9. The molecule has 2 amide bonds. The number of benzene rings is 2. The number of hydrogen-bond acceptors (Lipinski definition) is 5. The zero-order chi connectivity index (χ0) is 21.3. The van der Waals surface area contributed by atoms with Crippen molar-refractivity contribution in [3.8, 4) is 11.5 Å². The van der Waals surface area contributed by atoms with E-state index in [0.717, 1.165) is 21.0 Å². The van der Waals surface area contributed by atoms with Gasteiger partial charge in [-0.05, 0) is 66.1 Å². The molecule has 0 fully saturated rings. The minimum Gasteiger partial charge on any atom is -0.493 e. The summed E-state index contributed by atoms with van der Waals surface area (Å²) in [6, 6.07) is 17.7. The van der Waals surface area contributed by atoms with E-state index in [1.807, 2.05) is 65.1 Å². The third-order valence-electron chi connectivity index (χ3n) is 4.67. The van der Waals surface area contributed by atoms with Crippen LogP contribution in [0.1, 0.15) is 10.4 Å². The first-order chi connectivity index (χ1) is 14.6. The Hall–Kier alpha value is -2.64. The van der Waals surface area contributed by atoms with Gasteiger partial charge in [0.1, 0.15) is 0 Å². The molecular formula is C23H26N2O3S2. The molecule has 30 heavy (non-hydrogen) atoms. The fraction of sp³-hybridized carbons (Fsp3) is 0.261. The normalized spacial score (nSPS) is 10.5. The highest BCUT2D eigenvalue weighted by Crippen LogP contribution is 2.28. The number of urea groups is 1. The Bertz CT molecular complexity index is 944. The first-order valence-electron chi connectivity index (χ1n) is 9.56. The van der Waals surface area contributed by atoms with Crippen LogP contribution >= 0.6 is 23.1 Å². The second kappa shape index (κ2) is 10.9. The van der Waals surface area contributed by atoms with Gasteiger partial charge in [-0.25, -0.2) is 4.79 Å². The number of hydrogen-bond donors (Lipinski definition) is 1. The zero-order valence-corrected chi connectivity index (χ0v) is 19.0. The molecule has 1 aromatic heterocycles. The number of nitrogens with zero attached hydrogens (tertiary/aromatic N) is 1. The van der Waals surface area contributed by atoms with Crippen molar-refractivity contribution in [3.05, 3.63) is 70.4 Å². The lowest BCUT2D eigenvalue weighted by Gasteiger charge is -2.23. The molecule has 2 aromatic carbocycles. The van der Waals surface area contributed by atoms with Crippen molar-refractivity contribution >= 4 is 34.8 Å². The molecule has 0 saturated carbocycles. The summed E-state index contributed by atoms with van der Waals surface area (Å²) in [5, 5.41) is 5.05. The van der Waals surface area contributed by atoms with Crippen molar-refractivity contribution < 1.29 is 14.3 Å². The molecule has 0 aliphatic rings. The fourth-order valence-corrected chi connectivity index (χ4v) is 4.15. The maximum Gasteiger partial charge on any atom is 0.322 e. The van der Waals surface area contributed by atoms with Gasteiger partial charge in [-0.3, -0.25) is 0 Å². The molecule has 5 nitrogen and oxygen atoms in total. The molecule has 0 spiro atoms. The molecule has 0 saturated heterocycles. The van der Waals surface area contributed by atoms with Gasteiger partial charge in [0.15, 0.2) is 11.5 Å². The highest BCUT2D eigenvalue weighted by atomic mass is 32.2. The maximum atomic E-state index is 13.0. The van der Waals surface area contributed by atoms with E-state index in [1.165, 1.54) is 0 Å². The summed E-state index contributed by atoms with van der Waals surface area (Å²) in [6.45, 7) is 1.15. The highest BCUT2D eigenvalue weighted by molar-refractivity contribution is 7.98. The van der Waals surface area contributed by atoms with E-state index in [9.17, 15) is 4.79 Å². The summed E-state index contributed by atoms with van der Waals surface area (Å²) in [6.07, 6.45) is 2.75. The Balaban J connectivity index is 1.70. The van der Waals surface area contributed by atoms with Crippen LogP contribution in [0.2, 0.25) is 0 Å². The number of carbonyl (C=O) groups is 1. The largest absolute Gasteiger partial charge is 0.493 e. The number of thioether (sulfide) groups is 1. The standard InChI is InChI=1S/C23H26N2O3S2/c1-27-21-11-6-17(15-22(21)28-2)12-13-25(16-20-5-4-14-30-20)23(26)24-18-7-9-19(29-3)10-8-18/h4-11,14-15H,12-13,16H2,1-3H3,(H,24,26). The van der Waals surface area contributed by atoms with Gasteiger partial charge in [-0.1, -0.05) is 12.1 Å². The van der Waals surface area contributed by atoms with Crippen LogP contribution < -0.4 is 14.8 Å². The summed E-state index contributed by atoms with van der Waals surface area (Å²) in [7, 11) is 3.25. The Labute approximate surface area is 186 Å². The Morgan fingerprint density at radius 3 is 2.47 bits per heavy atom. The molecule has 0 aliphatic carbocycles. The quantitative estimate of drug-likeness (QED) is 0.428. The van der Waals surface area contributed by atoms with Crippen molar-refractivity contribution in [2.75, 3.05) is 32.3 Å². The summed E-state index contributed by atoms with van der Waals surface area (Å²) in [5.74, 6) is 1.39. The van der Waals surface area contributed by atoms with E-state index < -0.39 is 0 Å². The van der Waals surface area contributed by atoms with Crippen molar-refractivity contribution in [1.29, 1.82) is 0 Å². The minimum absolute atomic E-state index is 0.110. The average molecular weight is 443 g/mol. The molecule has 7 heteroatoms. The molecule has 0 unspecified atom stereocenters. The van der Waals surface area contributed by atoms with Crippen LogP contribution in [0.4, 0.5) is 10.5 Å². The lowest BCUT2D eigenvalue weighted by molar-refractivity contribution is 0.210. The zero-order valence-electron chi connectivity index (χ0n) is 17.4. The van der Waals surface area contributed by atoms with Crippen LogP contribution in [0.3, 0.4) is 0 Å². The van der Waals surface area contributed by atoms with Crippen molar-refractivity contribution in [2.24, 2.45) is 0 Å². The number of thiophene rings is 1. The van der Waals surface area contributed by atoms with E-state index >= 15 is 0 Å². The second-order valence-electron chi connectivity index (χ2n) is 6.60. The first kappa shape index (κ1) is 22.1. The van der Waals surface area contributed by atoms with Crippen LogP contribution in [0.25, 0.3) is 0 Å². The maximum absolute atomic E-state index is 13.0. The third-order valence-corrected chi connectivity index (χ3v) is 6.28. The Morgan fingerprint density at radius 2 is 1.83 bits per heavy atom. The summed E-state index contributed by atoms with van der Waals surface area (Å²) in [5.41, 5.74) is 1.88. The van der Waals surface area contributed by atoms with E-state index in [4.69, 9.17) is 9.47 Å². The van der Waals surface area contributed by atoms with Gasteiger partial charge in [-0.2, -0.15) is 0 Å². The van der Waals surface area contributed by atoms with Crippen molar-refractivity contribution in [3.63, 3.8) is 0 Å². The number of nitrogens with one attached hydrogen (secondary N) is 1. The number of methoxy groups -OCH3 is 2. The van der Waals surface area contributed by atoms with E-state index in [0.29, 0.717) is 31.0 Å². The van der Waals surface area contributed by atoms with Gasteiger partial charge in [0, 0.05) is 22.0 Å². The smallest absolute Gasteiger partial charge is 0.322 e. The molecule has 158 valence electrons. The molecule has 3 rings (SSSR count). The van der Waals surface area contributed by atoms with Crippen LogP contribution in [0.15, 0.2) is 64.9 Å². The summed E-state index contributed by atoms with van der Waals surface area (Å²) < 4.78 is 10.7. The number of carbonyl (C=O) groups excluding carboxylic acids is 1.